The summed E-state index contributed by atoms with van der Waals surface area (Å²) in [6.07, 6.45) is 0. The van der Waals surface area contributed by atoms with Crippen LogP contribution in [0, 0.1) is 0 Å². The van der Waals surface area contributed by atoms with E-state index in [1.807, 2.05) is 77.8 Å². The minimum Gasteiger partial charge on any atom is -0.309 e. The summed E-state index contributed by atoms with van der Waals surface area (Å²) in [4.78, 5) is 14.5. The molecule has 2 nitrogen and oxygen atoms in total. The summed E-state index contributed by atoms with van der Waals surface area (Å²) in [7, 11) is 0. The normalized spacial score (nSPS) is 15.0. The molecule has 1 saturated heterocycles. The van der Waals surface area contributed by atoms with E-state index >= 15 is 0 Å². The average molecular weight is 329 g/mol. The smallest absolute Gasteiger partial charge is 0.258 e. The molecule has 2 aromatic carbocycles. The molecule has 0 saturated carbocycles. The van der Waals surface area contributed by atoms with E-state index in [4.69, 9.17) is 0 Å². The summed E-state index contributed by atoms with van der Waals surface area (Å²) in [6, 6.07) is 18.0. The van der Waals surface area contributed by atoms with Gasteiger partial charge in [-0.15, -0.1) is 23.5 Å². The van der Waals surface area contributed by atoms with E-state index in [9.17, 15) is 4.79 Å². The van der Waals surface area contributed by atoms with Crippen LogP contribution in [0.15, 0.2) is 54.6 Å². The molecule has 0 aromatic heterocycles. The molecule has 0 spiro atoms. The van der Waals surface area contributed by atoms with Crippen LogP contribution >= 0.6 is 23.5 Å². The fraction of sp³-hybridized carbons (Fsp3) is 0.278. The second-order valence-corrected chi connectivity index (χ2v) is 7.80. The zero-order chi connectivity index (χ0) is 15.4. The van der Waals surface area contributed by atoms with E-state index in [0.717, 1.165) is 11.3 Å². The van der Waals surface area contributed by atoms with E-state index in [1.165, 1.54) is 17.1 Å². The Hall–Kier alpha value is -1.39. The lowest BCUT2D eigenvalue weighted by Crippen LogP contribution is -2.30. The monoisotopic (exact) mass is 329 g/mol. The molecule has 2 aromatic rings. The number of hydrogen-bond acceptors (Lipinski definition) is 3. The summed E-state index contributed by atoms with van der Waals surface area (Å²) in [5.74, 6) is 2.49. The summed E-state index contributed by atoms with van der Waals surface area (Å²) in [5.41, 5.74) is 3.01. The quantitative estimate of drug-likeness (QED) is 0.801. The van der Waals surface area contributed by atoms with Crippen molar-refractivity contribution in [2.24, 2.45) is 0 Å². The second kappa shape index (κ2) is 7.25. The fourth-order valence-corrected chi connectivity index (χ4v) is 5.40. The summed E-state index contributed by atoms with van der Waals surface area (Å²) < 4.78 is 0.528. The van der Waals surface area contributed by atoms with Crippen molar-refractivity contribution >= 4 is 35.1 Å². The lowest BCUT2D eigenvalue weighted by molar-refractivity contribution is 0.0988. The van der Waals surface area contributed by atoms with Gasteiger partial charge in [-0.1, -0.05) is 30.3 Å². The first-order valence-corrected chi connectivity index (χ1v) is 9.59. The lowest BCUT2D eigenvalue weighted by Gasteiger charge is -2.21. The molecule has 0 aliphatic carbocycles. The van der Waals surface area contributed by atoms with Crippen molar-refractivity contribution in [3.05, 3.63) is 65.7 Å². The Morgan fingerprint density at radius 2 is 1.68 bits per heavy atom. The molecule has 0 radical (unpaired) electrons. The van der Waals surface area contributed by atoms with Crippen LogP contribution in [0.1, 0.15) is 27.4 Å². The van der Waals surface area contributed by atoms with E-state index in [-0.39, 0.29) is 5.91 Å². The maximum absolute atomic E-state index is 12.7. The van der Waals surface area contributed by atoms with Crippen LogP contribution in [0.2, 0.25) is 0 Å². The van der Waals surface area contributed by atoms with Crippen LogP contribution in [-0.2, 0) is 0 Å². The zero-order valence-electron chi connectivity index (χ0n) is 12.6. The maximum Gasteiger partial charge on any atom is 0.258 e. The number of thioether (sulfide) groups is 2. The van der Waals surface area contributed by atoms with E-state index in [1.54, 1.807) is 0 Å². The first-order valence-electron chi connectivity index (χ1n) is 7.49. The van der Waals surface area contributed by atoms with Crippen LogP contribution in [0.25, 0.3) is 0 Å². The molecule has 0 bridgehead atoms. The Bertz CT molecular complexity index is 621. The first-order chi connectivity index (χ1) is 10.8. The first kappa shape index (κ1) is 15.5. The van der Waals surface area contributed by atoms with E-state index in [2.05, 4.69) is 12.1 Å². The molecular weight excluding hydrogens is 310 g/mol. The third-order valence-corrected chi connectivity index (χ3v) is 6.79. The fourth-order valence-electron chi connectivity index (χ4n) is 2.54. The molecular formula is C18H19NOS2. The van der Waals surface area contributed by atoms with Gasteiger partial charge < -0.3 is 4.90 Å². The Balaban J connectivity index is 1.79. The molecule has 0 unspecified atom stereocenters. The topological polar surface area (TPSA) is 20.3 Å². The van der Waals surface area contributed by atoms with Crippen LogP contribution in [-0.4, -0.2) is 24.0 Å². The van der Waals surface area contributed by atoms with Gasteiger partial charge >= 0.3 is 0 Å². The number of anilines is 1. The maximum atomic E-state index is 12.7. The minimum atomic E-state index is 0.0620. The predicted molar refractivity (Wildman–Crippen MR) is 97.9 cm³/mol. The van der Waals surface area contributed by atoms with Crippen molar-refractivity contribution in [2.75, 3.05) is 23.0 Å². The highest BCUT2D eigenvalue weighted by molar-refractivity contribution is 8.19. The van der Waals surface area contributed by atoms with Crippen molar-refractivity contribution < 1.29 is 4.79 Å². The van der Waals surface area contributed by atoms with Gasteiger partial charge in [0.15, 0.2) is 0 Å². The number of para-hydroxylation sites is 1. The van der Waals surface area contributed by atoms with Gasteiger partial charge in [0.25, 0.3) is 5.91 Å². The number of hydrogen-bond donors (Lipinski definition) is 0. The number of carbonyl (C=O) groups is 1. The molecule has 1 amide bonds. The summed E-state index contributed by atoms with van der Waals surface area (Å²) in [5, 5.41) is 0. The number of carbonyl (C=O) groups excluding carboxylic acids is 1. The third kappa shape index (κ3) is 3.33. The molecule has 1 fully saturated rings. The third-order valence-electron chi connectivity index (χ3n) is 3.68. The highest BCUT2D eigenvalue weighted by Crippen LogP contribution is 2.45. The van der Waals surface area contributed by atoms with Crippen LogP contribution < -0.4 is 4.90 Å². The zero-order valence-corrected chi connectivity index (χ0v) is 14.2. The van der Waals surface area contributed by atoms with Crippen LogP contribution in [0.5, 0.6) is 0 Å². The van der Waals surface area contributed by atoms with Crippen LogP contribution in [0.3, 0.4) is 0 Å². The molecule has 3 rings (SSSR count). The molecule has 4 heteroatoms. The highest BCUT2D eigenvalue weighted by Gasteiger charge is 2.20. The Labute approximate surface area is 140 Å². The van der Waals surface area contributed by atoms with Gasteiger partial charge in [-0.2, -0.15) is 0 Å². The van der Waals surface area contributed by atoms with E-state index < -0.39 is 0 Å². The summed E-state index contributed by atoms with van der Waals surface area (Å²) >= 11 is 3.97. The summed E-state index contributed by atoms with van der Waals surface area (Å²) in [6.45, 7) is 2.67. The molecule has 1 heterocycles. The average Bonchev–Trinajstić information content (AvgIpc) is 3.11. The van der Waals surface area contributed by atoms with E-state index in [0.29, 0.717) is 11.1 Å². The number of amides is 1. The van der Waals surface area contributed by atoms with Crippen molar-refractivity contribution in [1.82, 2.24) is 0 Å². The molecule has 0 N–H and O–H groups in total. The number of rotatable bonds is 4. The van der Waals surface area contributed by atoms with Gasteiger partial charge in [0.05, 0.1) is 4.58 Å². The van der Waals surface area contributed by atoms with Crippen molar-refractivity contribution in [1.29, 1.82) is 0 Å². The Morgan fingerprint density at radius 1 is 1.05 bits per heavy atom. The molecule has 1 aliphatic rings. The largest absolute Gasteiger partial charge is 0.309 e. The van der Waals surface area contributed by atoms with Crippen molar-refractivity contribution in [2.45, 2.75) is 11.5 Å². The Morgan fingerprint density at radius 3 is 2.27 bits per heavy atom. The molecule has 0 atom stereocenters. The van der Waals surface area contributed by atoms with Crippen molar-refractivity contribution in [3.63, 3.8) is 0 Å². The van der Waals surface area contributed by atoms with Gasteiger partial charge in [0.2, 0.25) is 0 Å². The molecule has 22 heavy (non-hydrogen) atoms. The van der Waals surface area contributed by atoms with Crippen molar-refractivity contribution in [3.8, 4) is 0 Å². The molecule has 114 valence electrons. The number of nitrogens with zero attached hydrogens (tertiary/aromatic N) is 1. The Kier molecular flexibility index (Phi) is 5.11. The van der Waals surface area contributed by atoms with Gasteiger partial charge in [0, 0.05) is 29.3 Å². The lowest BCUT2D eigenvalue weighted by atomic mass is 10.1. The van der Waals surface area contributed by atoms with Gasteiger partial charge in [0.1, 0.15) is 0 Å². The van der Waals surface area contributed by atoms with Crippen LogP contribution in [0.4, 0.5) is 5.69 Å². The SMILES string of the molecule is CCN(C(=O)c1ccc(C2SCCS2)cc1)c1ccccc1. The molecule has 1 aliphatic heterocycles. The van der Waals surface area contributed by atoms with Gasteiger partial charge in [-0.25, -0.2) is 0 Å². The number of benzene rings is 2. The highest BCUT2D eigenvalue weighted by atomic mass is 32.2. The van der Waals surface area contributed by atoms with Gasteiger partial charge in [-0.3, -0.25) is 4.79 Å². The second-order valence-electron chi connectivity index (χ2n) is 5.08. The standard InChI is InChI=1S/C18H19NOS2/c1-2-19(16-6-4-3-5-7-16)17(20)14-8-10-15(11-9-14)18-21-12-13-22-18/h3-11,18H,2,12-13H2,1H3. The van der Waals surface area contributed by atoms with Gasteiger partial charge in [-0.05, 0) is 36.8 Å². The predicted octanol–water partition coefficient (Wildman–Crippen LogP) is 4.83. The minimum absolute atomic E-state index is 0.0620.